The summed E-state index contributed by atoms with van der Waals surface area (Å²) in [5.41, 5.74) is 11.8. The highest BCUT2D eigenvalue weighted by Crippen LogP contribution is 2.34. The Morgan fingerprint density at radius 3 is 2.19 bits per heavy atom. The van der Waals surface area contributed by atoms with Gasteiger partial charge >= 0.3 is 6.36 Å². The molecule has 0 amide bonds. The molecule has 1 saturated heterocycles. The van der Waals surface area contributed by atoms with Crippen molar-refractivity contribution in [3.63, 3.8) is 0 Å². The van der Waals surface area contributed by atoms with Crippen LogP contribution in [0.25, 0.3) is 22.0 Å². The number of nitrogen functional groups attached to an aromatic ring is 1. The number of anilines is 1. The fourth-order valence-corrected chi connectivity index (χ4v) is 5.79. The molecule has 6 rings (SSSR count). The Hall–Kier alpha value is -4.05. The number of nitrogens with zero attached hydrogens (tertiary/aromatic N) is 4. The van der Waals surface area contributed by atoms with Gasteiger partial charge in [0, 0.05) is 79.7 Å². The standard InChI is InChI=1S/C33H31ClF3N5O/c34-30-4-2-1-3-26(30)21-41-15-13-40(14-16-41)19-23-5-11-31-28(17-23)29(22-42(31)20-24-6-12-32(38)39-18-24)25-7-9-27(10-8-25)43-33(35,36)37/h1-12,17-18,22H,13-16,19-21H2,(H2,38,39). The Morgan fingerprint density at radius 1 is 0.814 bits per heavy atom. The number of hydrogen-bond acceptors (Lipinski definition) is 5. The summed E-state index contributed by atoms with van der Waals surface area (Å²) in [4.78, 5) is 9.09. The molecule has 3 aromatic carbocycles. The van der Waals surface area contributed by atoms with Crippen molar-refractivity contribution in [2.24, 2.45) is 0 Å². The molecule has 0 aliphatic carbocycles. The van der Waals surface area contributed by atoms with Gasteiger partial charge in [0.25, 0.3) is 0 Å². The summed E-state index contributed by atoms with van der Waals surface area (Å²) in [5, 5.41) is 1.83. The minimum absolute atomic E-state index is 0.248. The molecule has 0 radical (unpaired) electrons. The monoisotopic (exact) mass is 605 g/mol. The van der Waals surface area contributed by atoms with Crippen molar-refractivity contribution in [2.75, 3.05) is 31.9 Å². The second-order valence-corrected chi connectivity index (χ2v) is 11.2. The van der Waals surface area contributed by atoms with E-state index < -0.39 is 6.36 Å². The summed E-state index contributed by atoms with van der Waals surface area (Å²) in [5.74, 6) is 0.208. The summed E-state index contributed by atoms with van der Waals surface area (Å²) >= 11 is 6.37. The minimum atomic E-state index is -4.74. The zero-order chi connectivity index (χ0) is 30.0. The Kier molecular flexibility index (Phi) is 8.30. The molecule has 0 atom stereocenters. The van der Waals surface area contributed by atoms with Gasteiger partial charge in [-0.05, 0) is 58.7 Å². The molecule has 43 heavy (non-hydrogen) atoms. The first-order valence-electron chi connectivity index (χ1n) is 14.1. The van der Waals surface area contributed by atoms with Crippen molar-refractivity contribution in [2.45, 2.75) is 26.0 Å². The summed E-state index contributed by atoms with van der Waals surface area (Å²) in [7, 11) is 0. The van der Waals surface area contributed by atoms with Gasteiger partial charge in [-0.15, -0.1) is 13.2 Å². The van der Waals surface area contributed by atoms with Crippen LogP contribution >= 0.6 is 11.6 Å². The van der Waals surface area contributed by atoms with Crippen molar-refractivity contribution in [3.8, 4) is 16.9 Å². The Morgan fingerprint density at radius 2 is 1.51 bits per heavy atom. The molecule has 1 aliphatic heterocycles. The molecule has 0 bridgehead atoms. The first-order valence-corrected chi connectivity index (χ1v) is 14.4. The molecule has 1 aliphatic rings. The molecule has 2 aromatic heterocycles. The molecule has 0 spiro atoms. The zero-order valence-electron chi connectivity index (χ0n) is 23.4. The SMILES string of the molecule is Nc1ccc(Cn2cc(-c3ccc(OC(F)(F)F)cc3)c3cc(CN4CCN(Cc5ccccc5Cl)CC4)ccc32)cn1. The fraction of sp³-hybridized carbons (Fsp3) is 0.242. The molecule has 5 aromatic rings. The van der Waals surface area contributed by atoms with E-state index in [1.54, 1.807) is 24.4 Å². The average molecular weight is 606 g/mol. The van der Waals surface area contributed by atoms with Crippen LogP contribution in [0.4, 0.5) is 19.0 Å². The summed E-state index contributed by atoms with van der Waals surface area (Å²) in [6.45, 7) is 6.02. The lowest BCUT2D eigenvalue weighted by molar-refractivity contribution is -0.274. The lowest BCUT2D eigenvalue weighted by atomic mass is 10.0. The van der Waals surface area contributed by atoms with Gasteiger partial charge in [-0.1, -0.05) is 54.1 Å². The maximum Gasteiger partial charge on any atom is 0.573 e. The number of ether oxygens (including phenoxy) is 1. The Bertz CT molecular complexity index is 1700. The van der Waals surface area contributed by atoms with E-state index >= 15 is 0 Å². The van der Waals surface area contributed by atoms with Crippen molar-refractivity contribution in [1.29, 1.82) is 0 Å². The molecular formula is C33H31ClF3N5O. The quantitative estimate of drug-likeness (QED) is 0.203. The summed E-state index contributed by atoms with van der Waals surface area (Å²) < 4.78 is 44.4. The van der Waals surface area contributed by atoms with Gasteiger partial charge < -0.3 is 15.0 Å². The highest BCUT2D eigenvalue weighted by Gasteiger charge is 2.31. The number of rotatable bonds is 8. The van der Waals surface area contributed by atoms with Crippen LogP contribution in [0, 0.1) is 0 Å². The van der Waals surface area contributed by atoms with E-state index in [0.717, 1.165) is 77.4 Å². The smallest absolute Gasteiger partial charge is 0.406 e. The van der Waals surface area contributed by atoms with E-state index in [4.69, 9.17) is 17.3 Å². The van der Waals surface area contributed by atoms with Crippen LogP contribution in [-0.4, -0.2) is 51.9 Å². The minimum Gasteiger partial charge on any atom is -0.406 e. The third kappa shape index (κ3) is 7.13. The van der Waals surface area contributed by atoms with E-state index in [9.17, 15) is 13.2 Å². The van der Waals surface area contributed by atoms with Crippen molar-refractivity contribution in [3.05, 3.63) is 113 Å². The largest absolute Gasteiger partial charge is 0.573 e. The number of benzene rings is 3. The van der Waals surface area contributed by atoms with Gasteiger partial charge in [0.2, 0.25) is 0 Å². The topological polar surface area (TPSA) is 59.6 Å². The van der Waals surface area contributed by atoms with Crippen LogP contribution in [0.5, 0.6) is 5.75 Å². The van der Waals surface area contributed by atoms with Crippen LogP contribution in [-0.2, 0) is 19.6 Å². The molecule has 1 fully saturated rings. The predicted octanol–water partition coefficient (Wildman–Crippen LogP) is 7.20. The van der Waals surface area contributed by atoms with Gasteiger partial charge in [-0.2, -0.15) is 0 Å². The maximum atomic E-state index is 12.7. The second kappa shape index (κ2) is 12.3. The number of fused-ring (bicyclic) bond motifs is 1. The number of pyridine rings is 1. The number of halogens is 4. The molecular weight excluding hydrogens is 575 g/mol. The summed E-state index contributed by atoms with van der Waals surface area (Å²) in [6, 6.07) is 24.2. The molecule has 0 saturated carbocycles. The molecule has 3 heterocycles. The van der Waals surface area contributed by atoms with Crippen LogP contribution in [0.3, 0.4) is 0 Å². The number of hydrogen-bond donors (Lipinski definition) is 1. The van der Waals surface area contributed by atoms with Crippen LogP contribution in [0.1, 0.15) is 16.7 Å². The third-order valence-electron chi connectivity index (χ3n) is 7.77. The van der Waals surface area contributed by atoms with E-state index in [0.29, 0.717) is 12.4 Å². The van der Waals surface area contributed by atoms with Crippen LogP contribution < -0.4 is 10.5 Å². The fourth-order valence-electron chi connectivity index (χ4n) is 5.60. The van der Waals surface area contributed by atoms with Gasteiger partial charge in [-0.25, -0.2) is 4.98 Å². The first-order chi connectivity index (χ1) is 20.7. The molecule has 10 heteroatoms. The van der Waals surface area contributed by atoms with E-state index in [2.05, 4.69) is 48.4 Å². The first kappa shape index (κ1) is 29.0. The van der Waals surface area contributed by atoms with E-state index in [1.165, 1.54) is 17.7 Å². The van der Waals surface area contributed by atoms with Gasteiger partial charge in [0.15, 0.2) is 0 Å². The second-order valence-electron chi connectivity index (χ2n) is 10.8. The van der Waals surface area contributed by atoms with E-state index in [1.807, 2.05) is 30.5 Å². The van der Waals surface area contributed by atoms with Gasteiger partial charge in [0.1, 0.15) is 11.6 Å². The van der Waals surface area contributed by atoms with Crippen molar-refractivity contribution in [1.82, 2.24) is 19.4 Å². The maximum absolute atomic E-state index is 12.7. The predicted molar refractivity (Wildman–Crippen MR) is 164 cm³/mol. The highest BCUT2D eigenvalue weighted by molar-refractivity contribution is 6.31. The van der Waals surface area contributed by atoms with Crippen LogP contribution in [0.15, 0.2) is 91.3 Å². The normalized spacial score (nSPS) is 14.8. The van der Waals surface area contributed by atoms with Gasteiger partial charge in [0.05, 0.1) is 0 Å². The van der Waals surface area contributed by atoms with Crippen molar-refractivity contribution >= 4 is 28.3 Å². The zero-order valence-corrected chi connectivity index (χ0v) is 24.2. The van der Waals surface area contributed by atoms with Crippen molar-refractivity contribution < 1.29 is 17.9 Å². The lowest BCUT2D eigenvalue weighted by Crippen LogP contribution is -2.45. The number of alkyl halides is 3. The van der Waals surface area contributed by atoms with Crippen LogP contribution in [0.2, 0.25) is 5.02 Å². The Balaban J connectivity index is 1.23. The molecule has 222 valence electrons. The highest BCUT2D eigenvalue weighted by atomic mass is 35.5. The number of nitrogens with two attached hydrogens (primary N) is 1. The number of piperazine rings is 1. The molecule has 6 nitrogen and oxygen atoms in total. The molecule has 0 unspecified atom stereocenters. The third-order valence-corrected chi connectivity index (χ3v) is 8.14. The Labute approximate surface area is 253 Å². The van der Waals surface area contributed by atoms with Gasteiger partial charge in [-0.3, -0.25) is 9.80 Å². The van der Waals surface area contributed by atoms with E-state index in [-0.39, 0.29) is 5.75 Å². The molecule has 2 N–H and O–H groups in total. The summed E-state index contributed by atoms with van der Waals surface area (Å²) in [6.07, 6.45) is -0.943. The lowest BCUT2D eigenvalue weighted by Gasteiger charge is -2.35. The number of aromatic nitrogens is 2. The average Bonchev–Trinajstić information content (AvgIpc) is 3.33.